The van der Waals surface area contributed by atoms with Gasteiger partial charge in [-0.05, 0) is 41.5 Å². The third kappa shape index (κ3) is 3.22. The standard InChI is InChI=1S/C20H18N2O2/c1-24-15-12-10-14(11-13-15)16-6-2-3-7-17(16)20(23)22-19-9-5-4-8-18(19)21/h2-13H,21H2,1H3,(H,22,23). The van der Waals surface area contributed by atoms with Crippen molar-refractivity contribution in [3.63, 3.8) is 0 Å². The number of nitrogens with two attached hydrogens (primary N) is 1. The molecule has 0 radical (unpaired) electrons. The summed E-state index contributed by atoms with van der Waals surface area (Å²) in [6.45, 7) is 0. The summed E-state index contributed by atoms with van der Waals surface area (Å²) in [4.78, 5) is 12.7. The van der Waals surface area contributed by atoms with E-state index in [0.29, 0.717) is 16.9 Å². The molecule has 0 aromatic heterocycles. The Labute approximate surface area is 140 Å². The second-order valence-electron chi connectivity index (χ2n) is 5.32. The number of rotatable bonds is 4. The van der Waals surface area contributed by atoms with Crippen molar-refractivity contribution in [2.24, 2.45) is 0 Å². The molecule has 3 N–H and O–H groups in total. The Balaban J connectivity index is 1.93. The van der Waals surface area contributed by atoms with Crippen molar-refractivity contribution in [3.8, 4) is 16.9 Å². The predicted octanol–water partition coefficient (Wildman–Crippen LogP) is 4.20. The lowest BCUT2D eigenvalue weighted by Crippen LogP contribution is -2.14. The van der Waals surface area contributed by atoms with Crippen LogP contribution in [0, 0.1) is 0 Å². The number of nitrogen functional groups attached to an aromatic ring is 1. The van der Waals surface area contributed by atoms with Crippen LogP contribution in [0.4, 0.5) is 11.4 Å². The average molecular weight is 318 g/mol. The highest BCUT2D eigenvalue weighted by Gasteiger charge is 2.13. The minimum atomic E-state index is -0.195. The number of anilines is 2. The molecule has 3 aromatic carbocycles. The van der Waals surface area contributed by atoms with E-state index in [4.69, 9.17) is 10.5 Å². The van der Waals surface area contributed by atoms with Gasteiger partial charge in [-0.25, -0.2) is 0 Å². The largest absolute Gasteiger partial charge is 0.497 e. The molecule has 0 fully saturated rings. The van der Waals surface area contributed by atoms with Crippen LogP contribution in [0.15, 0.2) is 72.8 Å². The van der Waals surface area contributed by atoms with Crippen molar-refractivity contribution in [1.29, 1.82) is 0 Å². The molecule has 4 heteroatoms. The van der Waals surface area contributed by atoms with Crippen molar-refractivity contribution in [2.45, 2.75) is 0 Å². The van der Waals surface area contributed by atoms with Gasteiger partial charge in [0.05, 0.1) is 18.5 Å². The molecule has 1 amide bonds. The van der Waals surface area contributed by atoms with Crippen LogP contribution in [-0.4, -0.2) is 13.0 Å². The Morgan fingerprint density at radius 3 is 2.29 bits per heavy atom. The molecule has 3 aromatic rings. The Hall–Kier alpha value is -3.27. The van der Waals surface area contributed by atoms with Gasteiger partial charge in [-0.15, -0.1) is 0 Å². The van der Waals surface area contributed by atoms with Crippen molar-refractivity contribution in [2.75, 3.05) is 18.2 Å². The summed E-state index contributed by atoms with van der Waals surface area (Å²) in [6.07, 6.45) is 0. The van der Waals surface area contributed by atoms with E-state index in [0.717, 1.165) is 16.9 Å². The van der Waals surface area contributed by atoms with Crippen molar-refractivity contribution in [1.82, 2.24) is 0 Å². The molecular weight excluding hydrogens is 300 g/mol. The quantitative estimate of drug-likeness (QED) is 0.709. The summed E-state index contributed by atoms with van der Waals surface area (Å²) >= 11 is 0. The Kier molecular flexibility index (Phi) is 4.47. The molecular formula is C20H18N2O2. The van der Waals surface area contributed by atoms with Gasteiger partial charge in [-0.3, -0.25) is 4.79 Å². The van der Waals surface area contributed by atoms with Gasteiger partial charge in [-0.1, -0.05) is 42.5 Å². The van der Waals surface area contributed by atoms with E-state index in [9.17, 15) is 4.79 Å². The lowest BCUT2D eigenvalue weighted by Gasteiger charge is -2.12. The Morgan fingerprint density at radius 2 is 1.58 bits per heavy atom. The first-order valence-electron chi connectivity index (χ1n) is 7.58. The summed E-state index contributed by atoms with van der Waals surface area (Å²) in [5.74, 6) is 0.581. The number of nitrogens with one attached hydrogen (secondary N) is 1. The summed E-state index contributed by atoms with van der Waals surface area (Å²) in [7, 11) is 1.63. The molecule has 0 aliphatic carbocycles. The van der Waals surface area contributed by atoms with Gasteiger partial charge in [0, 0.05) is 5.56 Å². The molecule has 0 saturated heterocycles. The highest BCUT2D eigenvalue weighted by atomic mass is 16.5. The molecule has 0 unspecified atom stereocenters. The van der Waals surface area contributed by atoms with Crippen LogP contribution in [0.3, 0.4) is 0 Å². The highest BCUT2D eigenvalue weighted by molar-refractivity contribution is 6.09. The van der Waals surface area contributed by atoms with E-state index >= 15 is 0 Å². The Morgan fingerprint density at radius 1 is 0.917 bits per heavy atom. The molecule has 4 nitrogen and oxygen atoms in total. The number of carbonyl (C=O) groups excluding carboxylic acids is 1. The van der Waals surface area contributed by atoms with Crippen molar-refractivity contribution < 1.29 is 9.53 Å². The Bertz CT molecular complexity index is 858. The summed E-state index contributed by atoms with van der Waals surface area (Å²) in [5, 5.41) is 2.87. The lowest BCUT2D eigenvalue weighted by atomic mass is 9.99. The van der Waals surface area contributed by atoms with E-state index in [1.807, 2.05) is 54.6 Å². The average Bonchev–Trinajstić information content (AvgIpc) is 2.63. The first-order valence-corrected chi connectivity index (χ1v) is 7.58. The first kappa shape index (κ1) is 15.6. The van der Waals surface area contributed by atoms with E-state index in [1.165, 1.54) is 0 Å². The number of para-hydroxylation sites is 2. The van der Waals surface area contributed by atoms with Gasteiger partial charge in [0.25, 0.3) is 5.91 Å². The fourth-order valence-electron chi connectivity index (χ4n) is 2.50. The minimum Gasteiger partial charge on any atom is -0.497 e. The van der Waals surface area contributed by atoms with Crippen LogP contribution >= 0.6 is 0 Å². The first-order chi connectivity index (χ1) is 11.7. The molecule has 0 aliphatic rings. The summed E-state index contributed by atoms with van der Waals surface area (Å²) in [5.41, 5.74) is 9.43. The molecule has 0 aliphatic heterocycles. The molecule has 0 heterocycles. The summed E-state index contributed by atoms with van der Waals surface area (Å²) < 4.78 is 5.18. The highest BCUT2D eigenvalue weighted by Crippen LogP contribution is 2.27. The van der Waals surface area contributed by atoms with Crippen LogP contribution in [0.25, 0.3) is 11.1 Å². The number of hydrogen-bond acceptors (Lipinski definition) is 3. The van der Waals surface area contributed by atoms with Gasteiger partial charge < -0.3 is 15.8 Å². The van der Waals surface area contributed by atoms with Gasteiger partial charge in [0.1, 0.15) is 5.75 Å². The third-order valence-corrected chi connectivity index (χ3v) is 3.78. The van der Waals surface area contributed by atoms with E-state index < -0.39 is 0 Å². The summed E-state index contributed by atoms with van der Waals surface area (Å²) in [6, 6.07) is 22.3. The van der Waals surface area contributed by atoms with E-state index in [-0.39, 0.29) is 5.91 Å². The number of hydrogen-bond donors (Lipinski definition) is 2. The van der Waals surface area contributed by atoms with E-state index in [1.54, 1.807) is 25.3 Å². The maximum atomic E-state index is 12.7. The number of methoxy groups -OCH3 is 1. The minimum absolute atomic E-state index is 0.195. The van der Waals surface area contributed by atoms with Crippen LogP contribution in [0.1, 0.15) is 10.4 Å². The molecule has 0 saturated carbocycles. The lowest BCUT2D eigenvalue weighted by molar-refractivity contribution is 0.102. The normalized spacial score (nSPS) is 10.2. The van der Waals surface area contributed by atoms with E-state index in [2.05, 4.69) is 5.32 Å². The zero-order chi connectivity index (χ0) is 16.9. The maximum Gasteiger partial charge on any atom is 0.256 e. The number of amides is 1. The smallest absolute Gasteiger partial charge is 0.256 e. The maximum absolute atomic E-state index is 12.7. The van der Waals surface area contributed by atoms with Crippen LogP contribution < -0.4 is 15.8 Å². The zero-order valence-electron chi connectivity index (χ0n) is 13.3. The SMILES string of the molecule is COc1ccc(-c2ccccc2C(=O)Nc2ccccc2N)cc1. The second-order valence-corrected chi connectivity index (χ2v) is 5.32. The second kappa shape index (κ2) is 6.87. The molecule has 0 bridgehead atoms. The molecule has 3 rings (SSSR count). The molecule has 120 valence electrons. The van der Waals surface area contributed by atoms with Gasteiger partial charge in [-0.2, -0.15) is 0 Å². The number of benzene rings is 3. The third-order valence-electron chi connectivity index (χ3n) is 3.78. The monoisotopic (exact) mass is 318 g/mol. The predicted molar refractivity (Wildman–Crippen MR) is 97.2 cm³/mol. The van der Waals surface area contributed by atoms with Crippen LogP contribution in [0.2, 0.25) is 0 Å². The van der Waals surface area contributed by atoms with Crippen molar-refractivity contribution >= 4 is 17.3 Å². The molecule has 24 heavy (non-hydrogen) atoms. The van der Waals surface area contributed by atoms with Gasteiger partial charge in [0.15, 0.2) is 0 Å². The van der Waals surface area contributed by atoms with Gasteiger partial charge >= 0.3 is 0 Å². The van der Waals surface area contributed by atoms with Gasteiger partial charge in [0.2, 0.25) is 0 Å². The van der Waals surface area contributed by atoms with Crippen LogP contribution in [0.5, 0.6) is 5.75 Å². The van der Waals surface area contributed by atoms with Crippen molar-refractivity contribution in [3.05, 3.63) is 78.4 Å². The fourth-order valence-corrected chi connectivity index (χ4v) is 2.50. The number of ether oxygens (including phenoxy) is 1. The molecule has 0 atom stereocenters. The zero-order valence-corrected chi connectivity index (χ0v) is 13.3. The fraction of sp³-hybridized carbons (Fsp3) is 0.0500. The topological polar surface area (TPSA) is 64.3 Å². The van der Waals surface area contributed by atoms with Crippen LogP contribution in [-0.2, 0) is 0 Å². The molecule has 0 spiro atoms. The number of carbonyl (C=O) groups is 1.